The summed E-state index contributed by atoms with van der Waals surface area (Å²) in [7, 11) is 0. The van der Waals surface area contributed by atoms with Crippen LogP contribution in [0.5, 0.6) is 0 Å². The molecule has 3 amide bonds. The Morgan fingerprint density at radius 2 is 1.70 bits per heavy atom. The normalized spacial score (nSPS) is 12.5. The van der Waals surface area contributed by atoms with Crippen LogP contribution in [-0.2, 0) is 11.3 Å². The van der Waals surface area contributed by atoms with E-state index in [-0.39, 0.29) is 38.9 Å². The van der Waals surface area contributed by atoms with Gasteiger partial charge in [-0.3, -0.25) is 14.5 Å². The molecule has 0 aromatic heterocycles. The molecule has 0 bridgehead atoms. The Hall–Kier alpha value is -3.62. The van der Waals surface area contributed by atoms with Crippen LogP contribution in [0.25, 0.3) is 5.57 Å². The van der Waals surface area contributed by atoms with E-state index in [1.807, 2.05) is 24.3 Å². The number of allylic oxidation sites excluding steroid dienone is 2. The molecule has 0 atom stereocenters. The highest BCUT2D eigenvalue weighted by Gasteiger charge is 2.18. The Bertz CT molecular complexity index is 1370. The van der Waals surface area contributed by atoms with Gasteiger partial charge in [-0.15, -0.1) is 0 Å². The van der Waals surface area contributed by atoms with E-state index in [9.17, 15) is 14.4 Å². The van der Waals surface area contributed by atoms with Gasteiger partial charge in [0.15, 0.2) is 0 Å². The van der Waals surface area contributed by atoms with Crippen LogP contribution < -0.4 is 15.5 Å². The summed E-state index contributed by atoms with van der Waals surface area (Å²) in [6.07, 6.45) is 6.70. The number of hydrogen-bond acceptors (Lipinski definition) is 3. The van der Waals surface area contributed by atoms with Gasteiger partial charge in [0.25, 0.3) is 5.91 Å². The fraction of sp³-hybridized carbons (Fsp3) is 0.258. The van der Waals surface area contributed by atoms with Gasteiger partial charge in [-0.05, 0) is 101 Å². The smallest absolute Gasteiger partial charge is 0.326 e. The third-order valence-electron chi connectivity index (χ3n) is 6.44. The Morgan fingerprint density at radius 3 is 2.33 bits per heavy atom. The predicted molar refractivity (Wildman–Crippen MR) is 165 cm³/mol. The van der Waals surface area contributed by atoms with Gasteiger partial charge in [0.05, 0.1) is 18.0 Å². The molecule has 210 valence electrons. The van der Waals surface area contributed by atoms with E-state index in [1.165, 1.54) is 18.4 Å². The molecule has 0 spiro atoms. The summed E-state index contributed by atoms with van der Waals surface area (Å²) in [5.74, 6) is -1.32. The lowest BCUT2D eigenvalue weighted by Crippen LogP contribution is -2.34. The number of hydrogen-bond donors (Lipinski definition) is 3. The molecule has 40 heavy (non-hydrogen) atoms. The zero-order valence-corrected chi connectivity index (χ0v) is 23.6. The molecule has 3 aromatic carbocycles. The topological polar surface area (TPSA) is 98.7 Å². The third-order valence-corrected chi connectivity index (χ3v) is 7.67. The van der Waals surface area contributed by atoms with Gasteiger partial charge in [-0.25, -0.2) is 4.79 Å². The largest absolute Gasteiger partial charge is 0.481 e. The van der Waals surface area contributed by atoms with E-state index >= 15 is 0 Å². The second kappa shape index (κ2) is 14.7. The summed E-state index contributed by atoms with van der Waals surface area (Å²) >= 11 is 9.59. The predicted octanol–water partition coefficient (Wildman–Crippen LogP) is 8.14. The second-order valence-electron chi connectivity index (χ2n) is 9.26. The molecule has 0 aliphatic heterocycles. The molecule has 3 aromatic rings. The first-order valence-electron chi connectivity index (χ1n) is 12.7. The second-order valence-corrected chi connectivity index (χ2v) is 10.5. The molecule has 7 nitrogen and oxygen atoms in total. The maximum Gasteiger partial charge on any atom is 0.326 e. The Morgan fingerprint density at radius 1 is 0.975 bits per heavy atom. The van der Waals surface area contributed by atoms with Gasteiger partial charge in [-0.2, -0.15) is 0 Å². The van der Waals surface area contributed by atoms with Crippen molar-refractivity contribution in [3.8, 4) is 0 Å². The monoisotopic (exact) mass is 625 g/mol. The average molecular weight is 627 g/mol. The number of amides is 3. The third kappa shape index (κ3) is 8.44. The molecular weight excluding hydrogens is 594 g/mol. The molecule has 3 N–H and O–H groups in total. The Kier molecular flexibility index (Phi) is 11.3. The van der Waals surface area contributed by atoms with E-state index in [1.54, 1.807) is 47.4 Å². The molecule has 0 fully saturated rings. The highest BCUT2D eigenvalue weighted by molar-refractivity contribution is 9.10. The standard InChI is InChI=1S/C30H29BrClN3O4.CH4/c31-26-15-12-24(18-27(26)32)34-30(39)35(25-13-10-22(11-14-25)21-4-2-1-3-5-21)19-20-6-8-23(9-7-20)29(38)33-17-16-28(36)37;/h4,6-15,18H,1-3,5,16-17,19H2,(H,33,38)(H,34,39)(H,36,37);1H4. The summed E-state index contributed by atoms with van der Waals surface area (Å²) in [6, 6.07) is 19.8. The highest BCUT2D eigenvalue weighted by Crippen LogP contribution is 2.30. The fourth-order valence-electron chi connectivity index (χ4n) is 4.33. The number of nitrogens with one attached hydrogen (secondary N) is 2. The minimum Gasteiger partial charge on any atom is -0.481 e. The van der Waals surface area contributed by atoms with Crippen molar-refractivity contribution in [1.82, 2.24) is 5.32 Å². The molecule has 0 saturated carbocycles. The van der Waals surface area contributed by atoms with Crippen molar-refractivity contribution in [2.45, 2.75) is 46.1 Å². The lowest BCUT2D eigenvalue weighted by Gasteiger charge is -2.24. The van der Waals surface area contributed by atoms with Crippen molar-refractivity contribution < 1.29 is 19.5 Å². The maximum absolute atomic E-state index is 13.5. The molecule has 1 aliphatic carbocycles. The Balaban J connectivity index is 0.00000441. The van der Waals surface area contributed by atoms with Crippen molar-refractivity contribution >= 4 is 62.4 Å². The van der Waals surface area contributed by atoms with Crippen molar-refractivity contribution in [3.05, 3.63) is 99.0 Å². The van der Waals surface area contributed by atoms with Crippen LogP contribution in [0, 0.1) is 0 Å². The first-order chi connectivity index (χ1) is 18.8. The van der Waals surface area contributed by atoms with Crippen LogP contribution in [-0.4, -0.2) is 29.6 Å². The molecular formula is C31H33BrClN3O4. The molecule has 0 heterocycles. The van der Waals surface area contributed by atoms with Gasteiger partial charge >= 0.3 is 12.0 Å². The van der Waals surface area contributed by atoms with E-state index < -0.39 is 5.97 Å². The molecule has 0 unspecified atom stereocenters. The number of urea groups is 1. The number of aliphatic carboxylic acids is 1. The van der Waals surface area contributed by atoms with E-state index in [0.717, 1.165) is 34.1 Å². The maximum atomic E-state index is 13.5. The van der Waals surface area contributed by atoms with Gasteiger partial charge in [0.1, 0.15) is 0 Å². The summed E-state index contributed by atoms with van der Waals surface area (Å²) in [4.78, 5) is 38.1. The first kappa shape index (κ1) is 30.9. The lowest BCUT2D eigenvalue weighted by atomic mass is 9.93. The van der Waals surface area contributed by atoms with Crippen molar-refractivity contribution in [2.75, 3.05) is 16.8 Å². The first-order valence-corrected chi connectivity index (χ1v) is 13.9. The van der Waals surface area contributed by atoms with Gasteiger partial charge in [0.2, 0.25) is 0 Å². The van der Waals surface area contributed by atoms with Crippen LogP contribution in [0.15, 0.2) is 77.3 Å². The van der Waals surface area contributed by atoms with Crippen molar-refractivity contribution in [1.29, 1.82) is 0 Å². The van der Waals surface area contributed by atoms with Crippen molar-refractivity contribution in [2.24, 2.45) is 0 Å². The Labute approximate surface area is 248 Å². The minimum absolute atomic E-state index is 0. The van der Waals surface area contributed by atoms with Crippen LogP contribution in [0.3, 0.4) is 0 Å². The number of benzene rings is 3. The van der Waals surface area contributed by atoms with Crippen molar-refractivity contribution in [3.63, 3.8) is 0 Å². The van der Waals surface area contributed by atoms with Crippen LogP contribution in [0.4, 0.5) is 16.2 Å². The van der Waals surface area contributed by atoms with Gasteiger partial charge in [0, 0.05) is 28.0 Å². The summed E-state index contributed by atoms with van der Waals surface area (Å²) in [5.41, 5.74) is 5.03. The van der Waals surface area contributed by atoms with Gasteiger partial charge < -0.3 is 15.7 Å². The van der Waals surface area contributed by atoms with E-state index in [0.29, 0.717) is 16.3 Å². The van der Waals surface area contributed by atoms with E-state index in [4.69, 9.17) is 16.7 Å². The average Bonchev–Trinajstić information content (AvgIpc) is 2.94. The lowest BCUT2D eigenvalue weighted by molar-refractivity contribution is -0.136. The summed E-state index contributed by atoms with van der Waals surface area (Å²) < 4.78 is 0.735. The molecule has 9 heteroatoms. The molecule has 4 rings (SSSR count). The number of carboxylic acid groups (broad SMARTS) is 1. The quantitative estimate of drug-likeness (QED) is 0.223. The fourth-order valence-corrected chi connectivity index (χ4v) is 4.76. The number of anilines is 2. The van der Waals surface area contributed by atoms with Gasteiger partial charge in [-0.1, -0.05) is 49.4 Å². The number of carbonyl (C=O) groups is 3. The zero-order chi connectivity index (χ0) is 27.8. The van der Waals surface area contributed by atoms with Crippen LogP contribution in [0.1, 0.15) is 61.0 Å². The van der Waals surface area contributed by atoms with Crippen LogP contribution in [0.2, 0.25) is 5.02 Å². The zero-order valence-electron chi connectivity index (χ0n) is 21.3. The van der Waals surface area contributed by atoms with Crippen LogP contribution >= 0.6 is 27.5 Å². The summed E-state index contributed by atoms with van der Waals surface area (Å²) in [5, 5.41) is 14.8. The number of rotatable bonds is 9. The SMILES string of the molecule is C.O=C(O)CCNC(=O)c1ccc(CN(C(=O)Nc2ccc(Br)c(Cl)c2)c2ccc(C3=CCCCC3)cc2)cc1. The molecule has 1 aliphatic rings. The number of nitrogens with zero attached hydrogens (tertiary/aromatic N) is 1. The summed E-state index contributed by atoms with van der Waals surface area (Å²) in [6.45, 7) is 0.315. The number of carbonyl (C=O) groups excluding carboxylic acids is 2. The molecule has 0 saturated heterocycles. The number of carboxylic acids is 1. The number of halogens is 2. The minimum atomic E-state index is -0.974. The van der Waals surface area contributed by atoms with E-state index in [2.05, 4.69) is 32.6 Å². The highest BCUT2D eigenvalue weighted by atomic mass is 79.9. The molecule has 0 radical (unpaired) electrons.